The maximum Gasteiger partial charge on any atom is 0.270 e. The van der Waals surface area contributed by atoms with Crippen molar-refractivity contribution in [2.75, 3.05) is 5.43 Å². The first kappa shape index (κ1) is 17.9. The van der Waals surface area contributed by atoms with Crippen molar-refractivity contribution in [3.63, 3.8) is 0 Å². The van der Waals surface area contributed by atoms with Crippen molar-refractivity contribution in [2.24, 2.45) is 0 Å². The number of pyridine rings is 1. The minimum atomic E-state index is -0.222. The number of hydrogen-bond donors (Lipinski definition) is 1. The fraction of sp³-hybridized carbons (Fsp3) is 0.0870. The second-order valence-corrected chi connectivity index (χ2v) is 7.01. The van der Waals surface area contributed by atoms with Crippen molar-refractivity contribution in [1.29, 1.82) is 0 Å². The molecular weight excluding hydrogens is 378 g/mol. The molecule has 2 aromatic carbocycles. The third-order valence-electron chi connectivity index (χ3n) is 4.91. The van der Waals surface area contributed by atoms with Crippen LogP contribution in [0.25, 0.3) is 16.7 Å². The second kappa shape index (κ2) is 7.36. The molecule has 0 saturated carbocycles. The minimum absolute atomic E-state index is 0.222. The van der Waals surface area contributed by atoms with Crippen molar-refractivity contribution >= 4 is 22.6 Å². The van der Waals surface area contributed by atoms with Crippen molar-refractivity contribution in [3.05, 3.63) is 96.2 Å². The normalized spacial score (nSPS) is 11.1. The van der Waals surface area contributed by atoms with Crippen LogP contribution in [0.15, 0.2) is 79.4 Å². The van der Waals surface area contributed by atoms with Crippen molar-refractivity contribution in [3.8, 4) is 5.75 Å². The summed E-state index contributed by atoms with van der Waals surface area (Å²) in [7, 11) is 0. The van der Waals surface area contributed by atoms with Gasteiger partial charge in [-0.1, -0.05) is 18.2 Å². The quantitative estimate of drug-likeness (QED) is 0.487. The molecule has 5 rings (SSSR count). The first-order valence-corrected chi connectivity index (χ1v) is 9.57. The Bertz CT molecular complexity index is 1350. The topological polar surface area (TPSA) is 73.5 Å². The maximum absolute atomic E-state index is 12.6. The number of ether oxygens (including phenoxy) is 1. The van der Waals surface area contributed by atoms with Gasteiger partial charge in [0.05, 0.1) is 16.7 Å². The standard InChI is InChI=1S/C23H19N5O2/c1-16-5-4-12-27-13-18(25-22(16)27)14-30-19-10-8-17(9-11-19)23(29)26-28-15-24-20-6-2-3-7-21(20)28/h2-13,15H,14H2,1H3,(H,26,29). The maximum atomic E-state index is 12.6. The average molecular weight is 397 g/mol. The van der Waals surface area contributed by atoms with Crippen LogP contribution in [0.5, 0.6) is 5.75 Å². The van der Waals surface area contributed by atoms with Crippen molar-refractivity contribution in [2.45, 2.75) is 13.5 Å². The minimum Gasteiger partial charge on any atom is -0.487 e. The zero-order valence-electron chi connectivity index (χ0n) is 16.3. The molecule has 0 saturated heterocycles. The van der Waals surface area contributed by atoms with Gasteiger partial charge in [-0.2, -0.15) is 0 Å². The Hall–Kier alpha value is -4.13. The molecule has 0 aliphatic rings. The first-order valence-electron chi connectivity index (χ1n) is 9.57. The second-order valence-electron chi connectivity index (χ2n) is 7.01. The molecular formula is C23H19N5O2. The van der Waals surface area contributed by atoms with E-state index < -0.39 is 0 Å². The van der Waals surface area contributed by atoms with Crippen LogP contribution in [0.1, 0.15) is 21.6 Å². The summed E-state index contributed by atoms with van der Waals surface area (Å²) >= 11 is 0. The Morgan fingerprint density at radius 1 is 1.07 bits per heavy atom. The zero-order chi connectivity index (χ0) is 20.5. The fourth-order valence-corrected chi connectivity index (χ4v) is 3.36. The molecule has 0 aliphatic carbocycles. The van der Waals surface area contributed by atoms with Gasteiger partial charge in [0, 0.05) is 18.0 Å². The molecule has 5 aromatic rings. The molecule has 0 radical (unpaired) electrons. The molecule has 7 heteroatoms. The van der Waals surface area contributed by atoms with Gasteiger partial charge in [0.25, 0.3) is 5.91 Å². The van der Waals surface area contributed by atoms with E-state index >= 15 is 0 Å². The summed E-state index contributed by atoms with van der Waals surface area (Å²) in [6, 6.07) is 18.7. The number of aryl methyl sites for hydroxylation is 1. The number of nitrogens with zero attached hydrogens (tertiary/aromatic N) is 4. The van der Waals surface area contributed by atoms with E-state index in [1.54, 1.807) is 35.3 Å². The van der Waals surface area contributed by atoms with Crippen LogP contribution >= 0.6 is 0 Å². The Morgan fingerprint density at radius 3 is 2.73 bits per heavy atom. The number of para-hydroxylation sites is 2. The van der Waals surface area contributed by atoms with Crippen molar-refractivity contribution in [1.82, 2.24) is 19.0 Å². The van der Waals surface area contributed by atoms with Gasteiger partial charge in [0.15, 0.2) is 0 Å². The lowest BCUT2D eigenvalue weighted by Gasteiger charge is -2.08. The van der Waals surface area contributed by atoms with Crippen LogP contribution in [0.3, 0.4) is 0 Å². The largest absolute Gasteiger partial charge is 0.487 e. The third kappa shape index (κ3) is 3.37. The molecule has 0 aliphatic heterocycles. The molecule has 0 spiro atoms. The molecule has 0 unspecified atom stereocenters. The van der Waals surface area contributed by atoms with Gasteiger partial charge in [-0.3, -0.25) is 10.2 Å². The zero-order valence-corrected chi connectivity index (χ0v) is 16.3. The third-order valence-corrected chi connectivity index (χ3v) is 4.91. The van der Waals surface area contributed by atoms with Gasteiger partial charge in [0.2, 0.25) is 0 Å². The van der Waals surface area contributed by atoms with Crippen LogP contribution in [0, 0.1) is 6.92 Å². The average Bonchev–Trinajstić information content (AvgIpc) is 3.38. The lowest BCUT2D eigenvalue weighted by molar-refractivity contribution is 0.101. The molecule has 3 heterocycles. The van der Waals surface area contributed by atoms with E-state index in [0.717, 1.165) is 27.9 Å². The molecule has 30 heavy (non-hydrogen) atoms. The number of aromatic nitrogens is 4. The number of nitrogens with one attached hydrogen (secondary N) is 1. The smallest absolute Gasteiger partial charge is 0.270 e. The molecule has 148 valence electrons. The van der Waals surface area contributed by atoms with E-state index in [4.69, 9.17) is 4.74 Å². The van der Waals surface area contributed by atoms with E-state index in [2.05, 4.69) is 15.4 Å². The summed E-state index contributed by atoms with van der Waals surface area (Å²) in [6.45, 7) is 2.39. The Labute approximate surface area is 172 Å². The van der Waals surface area contributed by atoms with Gasteiger partial charge in [0.1, 0.15) is 24.3 Å². The first-order chi connectivity index (χ1) is 14.7. The number of amides is 1. The predicted molar refractivity (Wildman–Crippen MR) is 114 cm³/mol. The van der Waals surface area contributed by atoms with E-state index in [-0.39, 0.29) is 5.91 Å². The van der Waals surface area contributed by atoms with Gasteiger partial charge < -0.3 is 9.14 Å². The number of carbonyl (C=O) groups excluding carboxylic acids is 1. The molecule has 0 atom stereocenters. The van der Waals surface area contributed by atoms with Crippen LogP contribution < -0.4 is 10.2 Å². The van der Waals surface area contributed by atoms with E-state index in [1.165, 1.54) is 0 Å². The summed E-state index contributed by atoms with van der Waals surface area (Å²) in [5, 5.41) is 0. The Balaban J connectivity index is 1.25. The van der Waals surface area contributed by atoms with Gasteiger partial charge in [-0.25, -0.2) is 14.6 Å². The number of imidazole rings is 2. The highest BCUT2D eigenvalue weighted by Gasteiger charge is 2.09. The SMILES string of the molecule is Cc1cccn2cc(COc3ccc(C(=O)Nn4cnc5ccccc54)cc3)nc12. The summed E-state index contributed by atoms with van der Waals surface area (Å²) in [5.74, 6) is 0.453. The molecule has 3 aromatic heterocycles. The lowest BCUT2D eigenvalue weighted by atomic mass is 10.2. The summed E-state index contributed by atoms with van der Waals surface area (Å²) in [6.07, 6.45) is 5.52. The Kier molecular flexibility index (Phi) is 4.40. The highest BCUT2D eigenvalue weighted by molar-refractivity contribution is 6.00. The summed E-state index contributed by atoms with van der Waals surface area (Å²) in [5.41, 5.74) is 7.92. The summed E-state index contributed by atoms with van der Waals surface area (Å²) < 4.78 is 9.44. The van der Waals surface area contributed by atoms with Gasteiger partial charge in [-0.15, -0.1) is 0 Å². The summed E-state index contributed by atoms with van der Waals surface area (Å²) in [4.78, 5) is 21.4. The number of rotatable bonds is 5. The highest BCUT2D eigenvalue weighted by atomic mass is 16.5. The number of benzene rings is 2. The molecule has 0 bridgehead atoms. The van der Waals surface area contributed by atoms with Crippen molar-refractivity contribution < 1.29 is 9.53 Å². The van der Waals surface area contributed by atoms with Crippen LogP contribution in [-0.2, 0) is 6.61 Å². The highest BCUT2D eigenvalue weighted by Crippen LogP contribution is 2.16. The van der Waals surface area contributed by atoms with E-state index in [9.17, 15) is 4.79 Å². The number of carbonyl (C=O) groups is 1. The Morgan fingerprint density at radius 2 is 1.90 bits per heavy atom. The van der Waals surface area contributed by atoms with Gasteiger partial charge >= 0.3 is 0 Å². The molecule has 1 amide bonds. The number of fused-ring (bicyclic) bond motifs is 2. The van der Waals surface area contributed by atoms with E-state index in [1.807, 2.05) is 60.1 Å². The van der Waals surface area contributed by atoms with Crippen LogP contribution in [0.4, 0.5) is 0 Å². The molecule has 0 fully saturated rings. The fourth-order valence-electron chi connectivity index (χ4n) is 3.36. The number of hydrogen-bond acceptors (Lipinski definition) is 4. The molecule has 1 N–H and O–H groups in total. The van der Waals surface area contributed by atoms with Gasteiger partial charge in [-0.05, 0) is 55.0 Å². The van der Waals surface area contributed by atoms with Crippen LogP contribution in [-0.4, -0.2) is 25.0 Å². The lowest BCUT2D eigenvalue weighted by Crippen LogP contribution is -2.21. The monoisotopic (exact) mass is 397 g/mol. The van der Waals surface area contributed by atoms with Crippen LogP contribution in [0.2, 0.25) is 0 Å². The predicted octanol–water partition coefficient (Wildman–Crippen LogP) is 3.96. The van der Waals surface area contributed by atoms with E-state index in [0.29, 0.717) is 17.9 Å². The molecule has 7 nitrogen and oxygen atoms in total.